The average molecular weight is 423 g/mol. The molecule has 0 amide bonds. The number of halogens is 1. The summed E-state index contributed by atoms with van der Waals surface area (Å²) in [4.78, 5) is 11.8. The maximum atomic E-state index is 11.8. The first-order chi connectivity index (χ1) is 14.1. The fourth-order valence-electron chi connectivity index (χ4n) is 3.90. The lowest BCUT2D eigenvalue weighted by Crippen LogP contribution is -2.17. The van der Waals surface area contributed by atoms with Gasteiger partial charge in [0.1, 0.15) is 0 Å². The molecule has 0 fully saturated rings. The van der Waals surface area contributed by atoms with E-state index in [-0.39, 0.29) is 11.1 Å². The minimum absolute atomic E-state index is 0.0868. The van der Waals surface area contributed by atoms with Crippen molar-refractivity contribution in [3.05, 3.63) is 76.2 Å². The van der Waals surface area contributed by atoms with Gasteiger partial charge in [-0.1, -0.05) is 62.7 Å². The summed E-state index contributed by atoms with van der Waals surface area (Å²) in [5.41, 5.74) is 4.86. The van der Waals surface area contributed by atoms with Crippen LogP contribution in [0.4, 0.5) is 0 Å². The number of hydrogen-bond donors (Lipinski definition) is 1. The van der Waals surface area contributed by atoms with Crippen molar-refractivity contribution in [1.29, 1.82) is 0 Å². The summed E-state index contributed by atoms with van der Waals surface area (Å²) >= 11 is 6.38. The maximum Gasteiger partial charge on any atom is 0.356 e. The van der Waals surface area contributed by atoms with Crippen molar-refractivity contribution in [2.45, 2.75) is 39.7 Å². The molecule has 6 nitrogen and oxygen atoms in total. The Bertz CT molecular complexity index is 1250. The number of carboxylic acids is 1. The first-order valence-corrected chi connectivity index (χ1v) is 10.1. The van der Waals surface area contributed by atoms with Crippen molar-refractivity contribution < 1.29 is 9.90 Å². The zero-order chi connectivity index (χ0) is 21.6. The zero-order valence-electron chi connectivity index (χ0n) is 17.3. The molecule has 4 aromatic rings. The van der Waals surface area contributed by atoms with E-state index in [4.69, 9.17) is 16.7 Å². The van der Waals surface area contributed by atoms with Crippen LogP contribution in [0.1, 0.15) is 48.2 Å². The minimum atomic E-state index is -1.02. The number of fused-ring (bicyclic) bond motifs is 1. The Morgan fingerprint density at radius 2 is 1.80 bits per heavy atom. The third-order valence-electron chi connectivity index (χ3n) is 5.14. The summed E-state index contributed by atoms with van der Waals surface area (Å²) in [6.07, 6.45) is 0. The average Bonchev–Trinajstić information content (AvgIpc) is 3.24. The summed E-state index contributed by atoms with van der Waals surface area (Å²) in [6, 6.07) is 15.6. The van der Waals surface area contributed by atoms with Gasteiger partial charge in [0.15, 0.2) is 5.69 Å². The minimum Gasteiger partial charge on any atom is -0.476 e. The number of aromatic carboxylic acids is 1. The van der Waals surface area contributed by atoms with Crippen LogP contribution < -0.4 is 0 Å². The Kier molecular flexibility index (Phi) is 4.90. The van der Waals surface area contributed by atoms with Gasteiger partial charge in [0.05, 0.1) is 23.4 Å². The molecule has 0 atom stereocenters. The molecule has 0 spiro atoms. The summed E-state index contributed by atoms with van der Waals surface area (Å²) in [5.74, 6) is -1.02. The van der Waals surface area contributed by atoms with Gasteiger partial charge in [0.25, 0.3) is 0 Å². The molecule has 0 saturated heterocycles. The quantitative estimate of drug-likeness (QED) is 0.490. The number of carboxylic acid groups (broad SMARTS) is 1. The van der Waals surface area contributed by atoms with Gasteiger partial charge in [-0.3, -0.25) is 4.68 Å². The second-order valence-corrected chi connectivity index (χ2v) is 8.86. The van der Waals surface area contributed by atoms with Crippen molar-refractivity contribution in [2.24, 2.45) is 0 Å². The van der Waals surface area contributed by atoms with Gasteiger partial charge < -0.3 is 5.11 Å². The van der Waals surface area contributed by atoms with Gasteiger partial charge in [-0.2, -0.15) is 10.2 Å². The Labute approximate surface area is 179 Å². The standard InChI is InChI=1S/C23H23ClN4O2/c1-14-20(23(2,3)4)21(22(29)30)26-27(14)13-18-11-16(24)10-17-12-19(25-28(17)18)15-8-6-5-7-9-15/h5-12H,13H2,1-4H3,(H,29,30). The van der Waals surface area contributed by atoms with Crippen LogP contribution in [0.25, 0.3) is 16.8 Å². The monoisotopic (exact) mass is 422 g/mol. The molecule has 30 heavy (non-hydrogen) atoms. The van der Waals surface area contributed by atoms with E-state index in [0.29, 0.717) is 11.6 Å². The predicted molar refractivity (Wildman–Crippen MR) is 117 cm³/mol. The highest BCUT2D eigenvalue weighted by Crippen LogP contribution is 2.30. The van der Waals surface area contributed by atoms with Crippen LogP contribution in [0.15, 0.2) is 48.5 Å². The van der Waals surface area contributed by atoms with Gasteiger partial charge in [-0.05, 0) is 30.5 Å². The number of rotatable bonds is 4. The molecule has 0 aliphatic rings. The fraction of sp³-hybridized carbons (Fsp3) is 0.261. The largest absolute Gasteiger partial charge is 0.476 e. The van der Waals surface area contributed by atoms with Crippen molar-refractivity contribution >= 4 is 23.1 Å². The third-order valence-corrected chi connectivity index (χ3v) is 5.36. The Balaban J connectivity index is 1.83. The highest BCUT2D eigenvalue weighted by molar-refractivity contribution is 6.31. The smallest absolute Gasteiger partial charge is 0.356 e. The van der Waals surface area contributed by atoms with Gasteiger partial charge >= 0.3 is 5.97 Å². The Morgan fingerprint density at radius 3 is 2.40 bits per heavy atom. The zero-order valence-corrected chi connectivity index (χ0v) is 18.1. The molecular formula is C23H23ClN4O2. The van der Waals surface area contributed by atoms with E-state index >= 15 is 0 Å². The van der Waals surface area contributed by atoms with Crippen LogP contribution in [0, 0.1) is 6.92 Å². The molecule has 0 unspecified atom stereocenters. The summed E-state index contributed by atoms with van der Waals surface area (Å²) in [6.45, 7) is 8.23. The Hall–Kier alpha value is -3.12. The third kappa shape index (κ3) is 3.59. The number of nitrogens with zero attached hydrogens (tertiary/aromatic N) is 4. The van der Waals surface area contributed by atoms with Crippen LogP contribution in [0.3, 0.4) is 0 Å². The van der Waals surface area contributed by atoms with Crippen molar-refractivity contribution in [3.8, 4) is 11.3 Å². The number of aromatic nitrogens is 4. The van der Waals surface area contributed by atoms with Gasteiger partial charge in [-0.25, -0.2) is 9.31 Å². The lowest BCUT2D eigenvalue weighted by molar-refractivity contribution is 0.0687. The van der Waals surface area contributed by atoms with Crippen molar-refractivity contribution in [2.75, 3.05) is 0 Å². The molecule has 1 aromatic carbocycles. The first-order valence-electron chi connectivity index (χ1n) is 9.70. The van der Waals surface area contributed by atoms with E-state index in [2.05, 4.69) is 5.10 Å². The van der Waals surface area contributed by atoms with E-state index in [1.807, 2.05) is 80.7 Å². The molecule has 3 heterocycles. The summed E-state index contributed by atoms with van der Waals surface area (Å²) in [5, 5.41) is 19.4. The summed E-state index contributed by atoms with van der Waals surface area (Å²) in [7, 11) is 0. The van der Waals surface area contributed by atoms with E-state index < -0.39 is 5.97 Å². The predicted octanol–water partition coefficient (Wildman–Crippen LogP) is 5.20. The SMILES string of the molecule is Cc1c(C(C)(C)C)c(C(=O)O)nn1Cc1cc(Cl)cc2cc(-c3ccccc3)nn12. The molecule has 7 heteroatoms. The molecule has 0 saturated carbocycles. The van der Waals surface area contributed by atoms with Gasteiger partial charge in [0.2, 0.25) is 0 Å². The van der Waals surface area contributed by atoms with Crippen molar-refractivity contribution in [3.63, 3.8) is 0 Å². The molecule has 0 aliphatic heterocycles. The Morgan fingerprint density at radius 1 is 1.10 bits per heavy atom. The van der Waals surface area contributed by atoms with Crippen LogP contribution >= 0.6 is 11.6 Å². The molecule has 4 rings (SSSR count). The second-order valence-electron chi connectivity index (χ2n) is 8.42. The molecule has 154 valence electrons. The van der Waals surface area contributed by atoms with E-state index in [0.717, 1.165) is 33.7 Å². The van der Waals surface area contributed by atoms with E-state index in [1.165, 1.54) is 0 Å². The molecule has 1 N–H and O–H groups in total. The van der Waals surface area contributed by atoms with Crippen LogP contribution in [0.5, 0.6) is 0 Å². The highest BCUT2D eigenvalue weighted by atomic mass is 35.5. The summed E-state index contributed by atoms with van der Waals surface area (Å²) < 4.78 is 3.56. The van der Waals surface area contributed by atoms with Crippen LogP contribution in [-0.2, 0) is 12.0 Å². The molecule has 0 bridgehead atoms. The first kappa shape index (κ1) is 20.2. The maximum absolute atomic E-state index is 11.8. The lowest BCUT2D eigenvalue weighted by atomic mass is 9.85. The van der Waals surface area contributed by atoms with Crippen LogP contribution in [0.2, 0.25) is 5.02 Å². The molecule has 0 radical (unpaired) electrons. The highest BCUT2D eigenvalue weighted by Gasteiger charge is 2.29. The van der Waals surface area contributed by atoms with Crippen LogP contribution in [-0.4, -0.2) is 30.5 Å². The molecule has 0 aliphatic carbocycles. The van der Waals surface area contributed by atoms with Gasteiger partial charge in [-0.15, -0.1) is 0 Å². The molecule has 3 aromatic heterocycles. The van der Waals surface area contributed by atoms with Crippen molar-refractivity contribution in [1.82, 2.24) is 19.4 Å². The number of pyridine rings is 1. The topological polar surface area (TPSA) is 72.4 Å². The number of benzene rings is 1. The van der Waals surface area contributed by atoms with E-state index in [1.54, 1.807) is 4.68 Å². The van der Waals surface area contributed by atoms with E-state index in [9.17, 15) is 9.90 Å². The number of hydrogen-bond acceptors (Lipinski definition) is 3. The van der Waals surface area contributed by atoms with Gasteiger partial charge in [0, 0.05) is 21.8 Å². The lowest BCUT2D eigenvalue weighted by Gasteiger charge is -2.19. The fourth-order valence-corrected chi connectivity index (χ4v) is 4.13. The normalized spacial score (nSPS) is 11.9. The second kappa shape index (κ2) is 7.29. The molecular weight excluding hydrogens is 400 g/mol. The number of carbonyl (C=O) groups is 1.